The number of hydrogen-bond donors (Lipinski definition) is 1. The van der Waals surface area contributed by atoms with Crippen LogP contribution < -0.4 is 5.32 Å². The van der Waals surface area contributed by atoms with Gasteiger partial charge in [0.1, 0.15) is 0 Å². The maximum Gasteiger partial charge on any atom is 0.0567 e. The van der Waals surface area contributed by atoms with Crippen LogP contribution >= 0.6 is 0 Å². The maximum atomic E-state index is 4.48. The summed E-state index contributed by atoms with van der Waals surface area (Å²) < 4.78 is 0. The summed E-state index contributed by atoms with van der Waals surface area (Å²) >= 11 is 0. The summed E-state index contributed by atoms with van der Waals surface area (Å²) in [4.78, 5) is 8.96. The second kappa shape index (κ2) is 27.6. The third-order valence-electron chi connectivity index (χ3n) is 7.35. The Morgan fingerprint density at radius 1 is 0.703 bits per heavy atom. The summed E-state index contributed by atoms with van der Waals surface area (Å²) in [5, 5.41) is 3.56. The molecule has 0 saturated carbocycles. The lowest BCUT2D eigenvalue weighted by atomic mass is 9.82. The molecular formula is C34H67N3. The van der Waals surface area contributed by atoms with Crippen LogP contribution in [-0.4, -0.2) is 36.6 Å². The minimum atomic E-state index is 0.282. The highest BCUT2D eigenvalue weighted by atomic mass is 15.0. The minimum Gasteiger partial charge on any atom is -0.308 e. The van der Waals surface area contributed by atoms with Gasteiger partial charge in [0.2, 0.25) is 0 Å². The fourth-order valence-electron chi connectivity index (χ4n) is 4.50. The van der Waals surface area contributed by atoms with Crippen LogP contribution in [0.5, 0.6) is 0 Å². The summed E-state index contributed by atoms with van der Waals surface area (Å²) in [6, 6.07) is 0. The van der Waals surface area contributed by atoms with Gasteiger partial charge in [0.25, 0.3) is 0 Å². The van der Waals surface area contributed by atoms with Gasteiger partial charge in [-0.05, 0) is 63.2 Å². The van der Waals surface area contributed by atoms with E-state index < -0.39 is 0 Å². The quantitative estimate of drug-likeness (QED) is 0.134. The molecule has 0 heterocycles. The molecule has 37 heavy (non-hydrogen) atoms. The molecule has 0 spiro atoms. The first-order valence-corrected chi connectivity index (χ1v) is 15.3. The van der Waals surface area contributed by atoms with Crippen molar-refractivity contribution in [3.05, 3.63) is 38.0 Å². The van der Waals surface area contributed by atoms with Gasteiger partial charge in [-0.3, -0.25) is 9.98 Å². The van der Waals surface area contributed by atoms with Crippen molar-refractivity contribution in [2.24, 2.45) is 27.7 Å². The molecule has 0 aliphatic carbocycles. The normalized spacial score (nSPS) is 15.6. The molecule has 4 atom stereocenters. The number of hydrogen-bond acceptors (Lipinski definition) is 3. The number of aliphatic imine (C=N–C) groups is 2. The lowest BCUT2D eigenvalue weighted by Gasteiger charge is -2.36. The second-order valence-electron chi connectivity index (χ2n) is 10.5. The monoisotopic (exact) mass is 518 g/mol. The summed E-state index contributed by atoms with van der Waals surface area (Å²) in [6.45, 7) is 36.0. The molecule has 0 rings (SSSR count). The third-order valence-corrected chi connectivity index (χ3v) is 7.35. The smallest absolute Gasteiger partial charge is 0.0567 e. The van der Waals surface area contributed by atoms with E-state index in [4.69, 9.17) is 0 Å². The SMILES string of the molecule is C=CCN=C(CC)C(C)CCC.C=CCN=C(CC)[C@@H](C)CCC.C=CCN[C@](C)(CC)[C@H](C)CCC. The number of nitrogens with zero attached hydrogens (tertiary/aromatic N) is 2. The van der Waals surface area contributed by atoms with Crippen molar-refractivity contribution in [1.82, 2.24) is 5.32 Å². The topological polar surface area (TPSA) is 36.8 Å². The molecule has 1 N–H and O–H groups in total. The van der Waals surface area contributed by atoms with Gasteiger partial charge in [0.15, 0.2) is 0 Å². The first kappa shape index (κ1) is 40.0. The fourth-order valence-corrected chi connectivity index (χ4v) is 4.50. The molecule has 0 saturated heterocycles. The summed E-state index contributed by atoms with van der Waals surface area (Å²) in [5.41, 5.74) is 2.97. The maximum absolute atomic E-state index is 4.48. The van der Waals surface area contributed by atoms with Crippen LogP contribution in [0.2, 0.25) is 0 Å². The fraction of sp³-hybridized carbons (Fsp3) is 0.765. The van der Waals surface area contributed by atoms with Gasteiger partial charge in [0.05, 0.1) is 13.1 Å². The van der Waals surface area contributed by atoms with E-state index in [9.17, 15) is 0 Å². The van der Waals surface area contributed by atoms with Gasteiger partial charge in [-0.15, -0.1) is 19.7 Å². The van der Waals surface area contributed by atoms with Crippen molar-refractivity contribution >= 4 is 11.4 Å². The molecule has 0 bridgehead atoms. The Hall–Kier alpha value is -1.48. The van der Waals surface area contributed by atoms with Gasteiger partial charge in [-0.2, -0.15) is 0 Å². The average molecular weight is 518 g/mol. The van der Waals surface area contributed by atoms with Crippen molar-refractivity contribution in [3.63, 3.8) is 0 Å². The Morgan fingerprint density at radius 3 is 1.38 bits per heavy atom. The van der Waals surface area contributed by atoms with Gasteiger partial charge in [-0.25, -0.2) is 0 Å². The average Bonchev–Trinajstić information content (AvgIpc) is 2.89. The van der Waals surface area contributed by atoms with Crippen LogP contribution in [0.25, 0.3) is 0 Å². The number of rotatable bonds is 19. The molecule has 0 aromatic carbocycles. The lowest BCUT2D eigenvalue weighted by Crippen LogP contribution is -2.47. The highest BCUT2D eigenvalue weighted by Gasteiger charge is 2.27. The molecule has 0 aliphatic rings. The minimum absolute atomic E-state index is 0.282. The standard InChI is InChI=1S/C12H25N.2C11H21N/c1-6-9-11(4)12(5,8-3)13-10-7-2;2*1-5-8-10(4)11(7-3)12-9-6-2/h7,11,13H,2,6,8-10H2,1,3-5H3;2*6,10H,2,5,7-9H2,1,3-4H3/t11-,12-;10-;/m10./s1. The molecule has 0 aromatic rings. The zero-order valence-electron chi connectivity index (χ0n) is 27.0. The van der Waals surface area contributed by atoms with Crippen molar-refractivity contribution in [1.29, 1.82) is 0 Å². The highest BCUT2D eigenvalue weighted by molar-refractivity contribution is 5.86. The molecule has 1 unspecified atom stereocenters. The largest absolute Gasteiger partial charge is 0.308 e. The predicted molar refractivity (Wildman–Crippen MR) is 175 cm³/mol. The Bertz CT molecular complexity index is 568. The van der Waals surface area contributed by atoms with Gasteiger partial charge in [0, 0.05) is 23.5 Å². The van der Waals surface area contributed by atoms with E-state index in [1.165, 1.54) is 56.4 Å². The van der Waals surface area contributed by atoms with Crippen molar-refractivity contribution in [3.8, 4) is 0 Å². The Kier molecular flexibility index (Phi) is 29.8. The molecule has 3 nitrogen and oxygen atoms in total. The van der Waals surface area contributed by atoms with E-state index in [1.807, 2.05) is 18.2 Å². The van der Waals surface area contributed by atoms with Crippen LogP contribution in [-0.2, 0) is 0 Å². The molecule has 3 heteroatoms. The van der Waals surface area contributed by atoms with E-state index in [0.29, 0.717) is 11.8 Å². The predicted octanol–water partition coefficient (Wildman–Crippen LogP) is 10.3. The number of nitrogens with one attached hydrogen (secondary N) is 1. The van der Waals surface area contributed by atoms with E-state index in [1.54, 1.807) is 0 Å². The van der Waals surface area contributed by atoms with Crippen LogP contribution in [0, 0.1) is 17.8 Å². The van der Waals surface area contributed by atoms with E-state index in [2.05, 4.69) is 104 Å². The van der Waals surface area contributed by atoms with Gasteiger partial charge >= 0.3 is 0 Å². The van der Waals surface area contributed by atoms with Crippen molar-refractivity contribution in [2.75, 3.05) is 19.6 Å². The van der Waals surface area contributed by atoms with Crippen LogP contribution in [0.4, 0.5) is 0 Å². The van der Waals surface area contributed by atoms with Gasteiger partial charge in [-0.1, -0.05) is 99.8 Å². The van der Waals surface area contributed by atoms with E-state index in [-0.39, 0.29) is 5.54 Å². The zero-order chi connectivity index (χ0) is 29.1. The van der Waals surface area contributed by atoms with E-state index >= 15 is 0 Å². The Labute approximate surface area is 234 Å². The Balaban J connectivity index is -0.000000469. The van der Waals surface area contributed by atoms with Crippen molar-refractivity contribution < 1.29 is 0 Å². The highest BCUT2D eigenvalue weighted by Crippen LogP contribution is 2.24. The zero-order valence-corrected chi connectivity index (χ0v) is 27.0. The second-order valence-corrected chi connectivity index (χ2v) is 10.5. The summed E-state index contributed by atoms with van der Waals surface area (Å²) in [5.74, 6) is 2.04. The van der Waals surface area contributed by atoms with Crippen LogP contribution in [0.1, 0.15) is 127 Å². The Morgan fingerprint density at radius 2 is 1.11 bits per heavy atom. The summed E-state index contributed by atoms with van der Waals surface area (Å²) in [6.07, 6.45) is 16.6. The van der Waals surface area contributed by atoms with Crippen LogP contribution in [0.15, 0.2) is 47.9 Å². The molecule has 0 fully saturated rings. The summed E-state index contributed by atoms with van der Waals surface area (Å²) in [7, 11) is 0. The van der Waals surface area contributed by atoms with Crippen molar-refractivity contribution in [2.45, 2.75) is 133 Å². The molecule has 218 valence electrons. The first-order chi connectivity index (χ1) is 17.6. The molecule has 0 amide bonds. The third kappa shape index (κ3) is 21.2. The molecule has 0 aliphatic heterocycles. The first-order valence-electron chi connectivity index (χ1n) is 15.3. The van der Waals surface area contributed by atoms with Crippen LogP contribution in [0.3, 0.4) is 0 Å². The van der Waals surface area contributed by atoms with E-state index in [0.717, 1.165) is 38.4 Å². The van der Waals surface area contributed by atoms with Gasteiger partial charge < -0.3 is 5.32 Å². The molecule has 0 aromatic heterocycles. The molecular weight excluding hydrogens is 450 g/mol. The molecule has 0 radical (unpaired) electrons. The lowest BCUT2D eigenvalue weighted by molar-refractivity contribution is 0.231.